The number of morpholine rings is 1. The van der Waals surface area contributed by atoms with Gasteiger partial charge in [-0.1, -0.05) is 35.9 Å². The highest BCUT2D eigenvalue weighted by atomic mass is 19.1. The van der Waals surface area contributed by atoms with Crippen molar-refractivity contribution in [3.8, 4) is 0 Å². The van der Waals surface area contributed by atoms with E-state index < -0.39 is 5.60 Å². The molecule has 1 atom stereocenters. The summed E-state index contributed by atoms with van der Waals surface area (Å²) in [5, 5.41) is 0. The van der Waals surface area contributed by atoms with Crippen LogP contribution < -0.4 is 4.90 Å². The Morgan fingerprint density at radius 2 is 1.97 bits per heavy atom. The summed E-state index contributed by atoms with van der Waals surface area (Å²) < 4.78 is 19.6. The van der Waals surface area contributed by atoms with E-state index in [1.807, 2.05) is 36.1 Å². The summed E-state index contributed by atoms with van der Waals surface area (Å²) in [4.78, 5) is 28.7. The first-order chi connectivity index (χ1) is 13.9. The van der Waals surface area contributed by atoms with Crippen LogP contribution in [0.5, 0.6) is 0 Å². The first-order valence-electron chi connectivity index (χ1n) is 9.97. The molecule has 1 unspecified atom stereocenters. The Morgan fingerprint density at radius 3 is 2.72 bits per heavy atom. The van der Waals surface area contributed by atoms with Gasteiger partial charge in [-0.2, -0.15) is 0 Å². The first kappa shape index (κ1) is 19.6. The van der Waals surface area contributed by atoms with E-state index in [1.165, 1.54) is 12.1 Å². The molecule has 2 heterocycles. The number of hydrogen-bond donors (Lipinski definition) is 0. The molecule has 2 aliphatic rings. The molecule has 2 aromatic rings. The number of piperidine rings is 1. The van der Waals surface area contributed by atoms with E-state index in [4.69, 9.17) is 4.74 Å². The minimum absolute atomic E-state index is 0.0590. The Balaban J connectivity index is 1.48. The summed E-state index contributed by atoms with van der Waals surface area (Å²) in [6.45, 7) is 3.41. The smallest absolute Gasteiger partial charge is 0.253 e. The fourth-order valence-corrected chi connectivity index (χ4v) is 4.14. The van der Waals surface area contributed by atoms with Crippen molar-refractivity contribution in [1.29, 1.82) is 0 Å². The third-order valence-corrected chi connectivity index (χ3v) is 5.74. The maximum Gasteiger partial charge on any atom is 0.253 e. The fourth-order valence-electron chi connectivity index (χ4n) is 4.14. The lowest BCUT2D eigenvalue weighted by atomic mass is 9.90. The average molecular weight is 396 g/mol. The molecule has 4 rings (SSSR count). The van der Waals surface area contributed by atoms with E-state index in [-0.39, 0.29) is 24.2 Å². The van der Waals surface area contributed by atoms with Crippen LogP contribution in [-0.2, 0) is 20.7 Å². The Hall–Kier alpha value is -2.73. The van der Waals surface area contributed by atoms with Crippen molar-refractivity contribution >= 4 is 17.5 Å². The molecule has 152 valence electrons. The van der Waals surface area contributed by atoms with Gasteiger partial charge in [0, 0.05) is 12.2 Å². The Labute approximate surface area is 170 Å². The van der Waals surface area contributed by atoms with Gasteiger partial charge in [-0.3, -0.25) is 9.59 Å². The topological polar surface area (TPSA) is 49.9 Å². The summed E-state index contributed by atoms with van der Waals surface area (Å²) in [7, 11) is 0. The Kier molecular flexibility index (Phi) is 5.37. The summed E-state index contributed by atoms with van der Waals surface area (Å²) >= 11 is 0. The molecule has 1 spiro atoms. The van der Waals surface area contributed by atoms with Crippen LogP contribution in [0.15, 0.2) is 48.5 Å². The normalized spacial score (nSPS) is 22.2. The van der Waals surface area contributed by atoms with Crippen LogP contribution in [0, 0.1) is 12.7 Å². The van der Waals surface area contributed by atoms with Gasteiger partial charge in [0.15, 0.2) is 0 Å². The summed E-state index contributed by atoms with van der Waals surface area (Å²) in [6, 6.07) is 14.0. The maximum absolute atomic E-state index is 13.7. The van der Waals surface area contributed by atoms with E-state index in [9.17, 15) is 14.0 Å². The van der Waals surface area contributed by atoms with Gasteiger partial charge in [-0.05, 0) is 43.5 Å². The van der Waals surface area contributed by atoms with Crippen molar-refractivity contribution in [3.63, 3.8) is 0 Å². The standard InChI is InChI=1S/C23H25FN2O3/c1-17-6-8-18(9-7-17)12-21(27)25-11-3-10-23(15-25)16-26(22(28)14-29-23)20-5-2-4-19(24)13-20/h2,4-9,13H,3,10-12,14-16H2,1H3. The van der Waals surface area contributed by atoms with Crippen molar-refractivity contribution in [2.45, 2.75) is 31.8 Å². The number of carbonyl (C=O) groups excluding carboxylic acids is 2. The summed E-state index contributed by atoms with van der Waals surface area (Å²) in [5.41, 5.74) is 2.07. The number of nitrogens with zero attached hydrogens (tertiary/aromatic N) is 2. The summed E-state index contributed by atoms with van der Waals surface area (Å²) in [6.07, 6.45) is 1.92. The van der Waals surface area contributed by atoms with E-state index >= 15 is 0 Å². The molecule has 29 heavy (non-hydrogen) atoms. The van der Waals surface area contributed by atoms with Gasteiger partial charge in [0.05, 0.1) is 19.5 Å². The molecule has 2 aromatic carbocycles. The molecule has 2 amide bonds. The SMILES string of the molecule is Cc1ccc(CC(=O)N2CCCC3(C2)CN(c2cccc(F)c2)C(=O)CO3)cc1. The number of ether oxygens (including phenoxy) is 1. The van der Waals surface area contributed by atoms with Crippen LogP contribution in [0.3, 0.4) is 0 Å². The first-order valence-corrected chi connectivity index (χ1v) is 9.97. The number of hydrogen-bond acceptors (Lipinski definition) is 3. The lowest BCUT2D eigenvalue weighted by molar-refractivity contribution is -0.153. The number of rotatable bonds is 3. The van der Waals surface area contributed by atoms with Crippen LogP contribution in [0.2, 0.25) is 0 Å². The molecule has 0 aromatic heterocycles. The highest BCUT2D eigenvalue weighted by Gasteiger charge is 2.44. The quantitative estimate of drug-likeness (QED) is 0.801. The van der Waals surface area contributed by atoms with Crippen LogP contribution in [0.25, 0.3) is 0 Å². The molecule has 2 aliphatic heterocycles. The van der Waals surface area contributed by atoms with Gasteiger partial charge < -0.3 is 14.5 Å². The van der Waals surface area contributed by atoms with Crippen molar-refractivity contribution in [2.24, 2.45) is 0 Å². The van der Waals surface area contributed by atoms with Crippen LogP contribution in [0.4, 0.5) is 10.1 Å². The molecule has 2 saturated heterocycles. The predicted molar refractivity (Wildman–Crippen MR) is 108 cm³/mol. The van der Waals surface area contributed by atoms with Crippen molar-refractivity contribution in [2.75, 3.05) is 31.1 Å². The molecule has 0 bridgehead atoms. The molecule has 0 radical (unpaired) electrons. The number of anilines is 1. The van der Waals surface area contributed by atoms with Crippen molar-refractivity contribution in [1.82, 2.24) is 4.90 Å². The second-order valence-corrected chi connectivity index (χ2v) is 8.01. The van der Waals surface area contributed by atoms with Crippen LogP contribution in [0.1, 0.15) is 24.0 Å². The Bertz CT molecular complexity index is 915. The maximum atomic E-state index is 13.7. The van der Waals surface area contributed by atoms with E-state index in [2.05, 4.69) is 0 Å². The van der Waals surface area contributed by atoms with Crippen LogP contribution in [-0.4, -0.2) is 48.6 Å². The van der Waals surface area contributed by atoms with Gasteiger partial charge in [0.25, 0.3) is 5.91 Å². The molecular weight excluding hydrogens is 371 g/mol. The predicted octanol–water partition coefficient (Wildman–Crippen LogP) is 3.10. The van der Waals surface area contributed by atoms with Gasteiger partial charge in [0.1, 0.15) is 18.0 Å². The third-order valence-electron chi connectivity index (χ3n) is 5.74. The number of halogens is 1. The number of aryl methyl sites for hydroxylation is 1. The molecule has 5 nitrogen and oxygen atoms in total. The zero-order valence-electron chi connectivity index (χ0n) is 16.6. The highest BCUT2D eigenvalue weighted by Crippen LogP contribution is 2.32. The Morgan fingerprint density at radius 1 is 1.17 bits per heavy atom. The second-order valence-electron chi connectivity index (χ2n) is 8.01. The molecular formula is C23H25FN2O3. The number of carbonyl (C=O) groups is 2. The van der Waals surface area contributed by atoms with Gasteiger partial charge in [-0.15, -0.1) is 0 Å². The lowest BCUT2D eigenvalue weighted by Crippen LogP contribution is -2.62. The molecule has 0 aliphatic carbocycles. The largest absolute Gasteiger partial charge is 0.361 e. The minimum Gasteiger partial charge on any atom is -0.361 e. The zero-order chi connectivity index (χ0) is 20.4. The molecule has 0 saturated carbocycles. The fraction of sp³-hybridized carbons (Fsp3) is 0.391. The third kappa shape index (κ3) is 4.32. The van der Waals surface area contributed by atoms with Gasteiger partial charge >= 0.3 is 0 Å². The summed E-state index contributed by atoms with van der Waals surface area (Å²) in [5.74, 6) is -0.510. The van der Waals surface area contributed by atoms with Crippen molar-refractivity contribution in [3.05, 3.63) is 65.5 Å². The molecule has 6 heteroatoms. The van der Waals surface area contributed by atoms with Crippen molar-refractivity contribution < 1.29 is 18.7 Å². The molecule has 0 N–H and O–H groups in total. The minimum atomic E-state index is -0.610. The highest BCUT2D eigenvalue weighted by molar-refractivity contribution is 5.95. The number of amides is 2. The lowest BCUT2D eigenvalue weighted by Gasteiger charge is -2.47. The van der Waals surface area contributed by atoms with Gasteiger partial charge in [-0.25, -0.2) is 4.39 Å². The van der Waals surface area contributed by atoms with E-state index in [0.717, 1.165) is 24.0 Å². The van der Waals surface area contributed by atoms with Gasteiger partial charge in [0.2, 0.25) is 5.91 Å². The van der Waals surface area contributed by atoms with E-state index in [1.54, 1.807) is 17.0 Å². The van der Waals surface area contributed by atoms with E-state index in [0.29, 0.717) is 31.7 Å². The zero-order valence-corrected chi connectivity index (χ0v) is 16.6. The number of likely N-dealkylation sites (tertiary alicyclic amines) is 1. The average Bonchev–Trinajstić information content (AvgIpc) is 2.72. The van der Waals surface area contributed by atoms with Crippen LogP contribution >= 0.6 is 0 Å². The molecule has 2 fully saturated rings. The number of benzene rings is 2. The monoisotopic (exact) mass is 396 g/mol. The second kappa shape index (κ2) is 7.95.